The second kappa shape index (κ2) is 6.56. The molecule has 2 aromatic heterocycles. The molecule has 4 rings (SSSR count). The lowest BCUT2D eigenvalue weighted by molar-refractivity contribution is -0.0498. The van der Waals surface area contributed by atoms with Crippen LogP contribution in [0.5, 0.6) is 17.2 Å². The minimum atomic E-state index is -2.91. The molecule has 6 nitrogen and oxygen atoms in total. The van der Waals surface area contributed by atoms with Crippen LogP contribution in [0.4, 0.5) is 8.78 Å². The Morgan fingerprint density at radius 1 is 1.00 bits per heavy atom. The van der Waals surface area contributed by atoms with E-state index in [2.05, 4.69) is 14.7 Å². The number of alkyl halides is 2. The number of aromatic hydroxyl groups is 2. The summed E-state index contributed by atoms with van der Waals surface area (Å²) in [7, 11) is 0. The summed E-state index contributed by atoms with van der Waals surface area (Å²) in [5, 5.41) is 19.8. The molecule has 2 aromatic carbocycles. The van der Waals surface area contributed by atoms with E-state index < -0.39 is 6.61 Å². The number of benzene rings is 2. The average Bonchev–Trinajstić information content (AvgIpc) is 3.01. The van der Waals surface area contributed by atoms with E-state index >= 15 is 0 Å². The SMILES string of the molecule is Oc1ccc(-c2nc3cccnc3n2-c2ccc(OC(F)F)cc2)c(O)c1. The van der Waals surface area contributed by atoms with Gasteiger partial charge in [-0.25, -0.2) is 9.97 Å². The highest BCUT2D eigenvalue weighted by Crippen LogP contribution is 2.35. The molecule has 0 bridgehead atoms. The molecule has 4 aromatic rings. The Morgan fingerprint density at radius 2 is 1.78 bits per heavy atom. The summed E-state index contributed by atoms with van der Waals surface area (Å²) in [6, 6.07) is 13.7. The van der Waals surface area contributed by atoms with Crippen molar-refractivity contribution < 1.29 is 23.7 Å². The van der Waals surface area contributed by atoms with Crippen molar-refractivity contribution in [1.82, 2.24) is 14.5 Å². The summed E-state index contributed by atoms with van der Waals surface area (Å²) >= 11 is 0. The second-order valence-corrected chi connectivity index (χ2v) is 5.69. The fourth-order valence-corrected chi connectivity index (χ4v) is 2.82. The number of phenolic OH excluding ortho intramolecular Hbond substituents is 2. The van der Waals surface area contributed by atoms with E-state index in [4.69, 9.17) is 0 Å². The van der Waals surface area contributed by atoms with Gasteiger partial charge in [0.05, 0.1) is 5.56 Å². The van der Waals surface area contributed by atoms with E-state index in [0.717, 1.165) is 0 Å². The van der Waals surface area contributed by atoms with Crippen LogP contribution in [-0.2, 0) is 0 Å². The van der Waals surface area contributed by atoms with Gasteiger partial charge in [-0.1, -0.05) is 0 Å². The summed E-state index contributed by atoms with van der Waals surface area (Å²) in [6.45, 7) is -2.91. The molecular weight excluding hydrogens is 356 g/mol. The van der Waals surface area contributed by atoms with Gasteiger partial charge in [-0.2, -0.15) is 8.78 Å². The topological polar surface area (TPSA) is 80.4 Å². The Morgan fingerprint density at radius 3 is 2.48 bits per heavy atom. The lowest BCUT2D eigenvalue weighted by Crippen LogP contribution is -2.03. The van der Waals surface area contributed by atoms with Crippen LogP contribution >= 0.6 is 0 Å². The van der Waals surface area contributed by atoms with Gasteiger partial charge >= 0.3 is 6.61 Å². The number of fused-ring (bicyclic) bond motifs is 1. The van der Waals surface area contributed by atoms with Gasteiger partial charge in [0.15, 0.2) is 11.5 Å². The first-order valence-electron chi connectivity index (χ1n) is 7.94. The zero-order valence-electron chi connectivity index (χ0n) is 13.8. The maximum Gasteiger partial charge on any atom is 0.387 e. The molecule has 0 saturated heterocycles. The second-order valence-electron chi connectivity index (χ2n) is 5.69. The van der Waals surface area contributed by atoms with Gasteiger partial charge in [-0.3, -0.25) is 4.57 Å². The number of halogens is 2. The van der Waals surface area contributed by atoms with Crippen LogP contribution in [0.3, 0.4) is 0 Å². The molecule has 0 amide bonds. The largest absolute Gasteiger partial charge is 0.508 e. The molecule has 0 unspecified atom stereocenters. The minimum absolute atomic E-state index is 0.0279. The van der Waals surface area contributed by atoms with Crippen molar-refractivity contribution in [2.45, 2.75) is 6.61 Å². The van der Waals surface area contributed by atoms with Crippen LogP contribution in [0.25, 0.3) is 28.2 Å². The molecule has 0 atom stereocenters. The van der Waals surface area contributed by atoms with E-state index in [9.17, 15) is 19.0 Å². The highest BCUT2D eigenvalue weighted by Gasteiger charge is 2.18. The quantitative estimate of drug-likeness (QED) is 0.566. The summed E-state index contributed by atoms with van der Waals surface area (Å²) in [4.78, 5) is 8.87. The third-order valence-corrected chi connectivity index (χ3v) is 3.96. The van der Waals surface area contributed by atoms with Crippen molar-refractivity contribution in [2.75, 3.05) is 0 Å². The molecule has 0 aliphatic rings. The number of pyridine rings is 1. The van der Waals surface area contributed by atoms with Gasteiger partial charge in [0.1, 0.15) is 22.8 Å². The van der Waals surface area contributed by atoms with Crippen LogP contribution in [0.2, 0.25) is 0 Å². The molecule has 0 aliphatic carbocycles. The third kappa shape index (κ3) is 3.12. The summed E-state index contributed by atoms with van der Waals surface area (Å²) in [5.41, 5.74) is 2.11. The molecule has 0 fully saturated rings. The Hall–Kier alpha value is -3.68. The van der Waals surface area contributed by atoms with E-state index in [1.165, 1.54) is 30.3 Å². The Bertz CT molecular complexity index is 1110. The maximum absolute atomic E-state index is 12.4. The van der Waals surface area contributed by atoms with Crippen LogP contribution in [0, 0.1) is 0 Å². The zero-order valence-corrected chi connectivity index (χ0v) is 13.8. The number of imidazole rings is 1. The summed E-state index contributed by atoms with van der Waals surface area (Å²) in [6.07, 6.45) is 1.61. The van der Waals surface area contributed by atoms with Crippen molar-refractivity contribution in [3.8, 4) is 34.3 Å². The van der Waals surface area contributed by atoms with Crippen molar-refractivity contribution in [1.29, 1.82) is 0 Å². The minimum Gasteiger partial charge on any atom is -0.508 e. The molecule has 8 heteroatoms. The zero-order chi connectivity index (χ0) is 19.0. The van der Waals surface area contributed by atoms with E-state index in [-0.39, 0.29) is 17.2 Å². The Balaban J connectivity index is 1.91. The lowest BCUT2D eigenvalue weighted by Gasteiger charge is -2.11. The predicted octanol–water partition coefficient (Wildman–Crippen LogP) is 4.10. The third-order valence-electron chi connectivity index (χ3n) is 3.96. The highest BCUT2D eigenvalue weighted by molar-refractivity contribution is 5.81. The Kier molecular flexibility index (Phi) is 4.08. The first-order valence-corrected chi connectivity index (χ1v) is 7.94. The molecular formula is C19H13F2N3O3. The summed E-state index contributed by atoms with van der Waals surface area (Å²) < 4.78 is 30.8. The molecule has 0 spiro atoms. The lowest BCUT2D eigenvalue weighted by atomic mass is 10.1. The van der Waals surface area contributed by atoms with Gasteiger partial charge in [0.2, 0.25) is 0 Å². The number of hydrogen-bond acceptors (Lipinski definition) is 5. The van der Waals surface area contributed by atoms with Gasteiger partial charge < -0.3 is 14.9 Å². The number of hydrogen-bond donors (Lipinski definition) is 2. The van der Waals surface area contributed by atoms with E-state index in [1.54, 1.807) is 35.0 Å². The van der Waals surface area contributed by atoms with E-state index in [0.29, 0.717) is 28.2 Å². The molecule has 136 valence electrons. The van der Waals surface area contributed by atoms with Crippen LogP contribution in [-0.4, -0.2) is 31.4 Å². The Labute approximate surface area is 151 Å². The number of aromatic nitrogens is 3. The van der Waals surface area contributed by atoms with Crippen LogP contribution in [0.15, 0.2) is 60.8 Å². The standard InChI is InChI=1S/C19H13F2N3O3/c20-19(21)27-13-6-3-11(4-7-13)24-17(14-8-5-12(25)10-16(14)26)23-15-2-1-9-22-18(15)24/h1-10,19,25-26H. The predicted molar refractivity (Wildman–Crippen MR) is 94.3 cm³/mol. The molecule has 2 heterocycles. The van der Waals surface area contributed by atoms with Gasteiger partial charge in [0, 0.05) is 18.0 Å². The number of phenols is 2. The summed E-state index contributed by atoms with van der Waals surface area (Å²) in [5.74, 6) is 0.193. The maximum atomic E-state index is 12.4. The molecule has 27 heavy (non-hydrogen) atoms. The van der Waals surface area contributed by atoms with Crippen molar-refractivity contribution in [3.05, 3.63) is 60.8 Å². The van der Waals surface area contributed by atoms with Crippen molar-refractivity contribution in [3.63, 3.8) is 0 Å². The van der Waals surface area contributed by atoms with Gasteiger partial charge in [-0.05, 0) is 48.5 Å². The van der Waals surface area contributed by atoms with Crippen LogP contribution < -0.4 is 4.74 Å². The highest BCUT2D eigenvalue weighted by atomic mass is 19.3. The fraction of sp³-hybridized carbons (Fsp3) is 0.0526. The van der Waals surface area contributed by atoms with Gasteiger partial charge in [0.25, 0.3) is 0 Å². The first-order chi connectivity index (χ1) is 13.0. The molecule has 0 saturated carbocycles. The number of nitrogens with zero attached hydrogens (tertiary/aromatic N) is 3. The van der Waals surface area contributed by atoms with Crippen molar-refractivity contribution in [2.24, 2.45) is 0 Å². The van der Waals surface area contributed by atoms with Crippen molar-refractivity contribution >= 4 is 11.2 Å². The monoisotopic (exact) mass is 369 g/mol. The average molecular weight is 369 g/mol. The molecule has 2 N–H and O–H groups in total. The molecule has 0 radical (unpaired) electrons. The number of ether oxygens (including phenoxy) is 1. The number of rotatable bonds is 4. The van der Waals surface area contributed by atoms with Gasteiger partial charge in [-0.15, -0.1) is 0 Å². The molecule has 0 aliphatic heterocycles. The fourth-order valence-electron chi connectivity index (χ4n) is 2.82. The smallest absolute Gasteiger partial charge is 0.387 e. The van der Waals surface area contributed by atoms with Crippen LogP contribution in [0.1, 0.15) is 0 Å². The van der Waals surface area contributed by atoms with E-state index in [1.807, 2.05) is 0 Å². The normalized spacial score (nSPS) is 11.2. The first kappa shape index (κ1) is 16.8.